The van der Waals surface area contributed by atoms with Gasteiger partial charge in [-0.1, -0.05) is 51.0 Å². The summed E-state index contributed by atoms with van der Waals surface area (Å²) >= 11 is 0. The lowest BCUT2D eigenvalue weighted by Gasteiger charge is -2.12. The van der Waals surface area contributed by atoms with Gasteiger partial charge in [0.15, 0.2) is 0 Å². The average molecular weight is 311 g/mol. The fourth-order valence-corrected chi connectivity index (χ4v) is 3.16. The van der Waals surface area contributed by atoms with Gasteiger partial charge in [0.2, 0.25) is 29.3 Å². The Morgan fingerprint density at radius 3 is 2.26 bits per heavy atom. The van der Waals surface area contributed by atoms with E-state index < -0.39 is 0 Å². The molecule has 0 saturated carbocycles. The number of aryl methyl sites for hydroxylation is 2. The third-order valence-electron chi connectivity index (χ3n) is 4.43. The van der Waals surface area contributed by atoms with Crippen molar-refractivity contribution < 1.29 is 14.2 Å². The van der Waals surface area contributed by atoms with Crippen molar-refractivity contribution in [2.75, 3.05) is 0 Å². The molecular formula is C19H23N2O2+. The molecule has 0 saturated heterocycles. The van der Waals surface area contributed by atoms with Gasteiger partial charge in [0.1, 0.15) is 0 Å². The largest absolute Gasteiger partial charge is 0.284 e. The summed E-state index contributed by atoms with van der Waals surface area (Å²) in [4.78, 5) is 25.9. The first-order valence-corrected chi connectivity index (χ1v) is 8.50. The Bertz CT molecular complexity index is 697. The number of imidazole rings is 1. The lowest BCUT2D eigenvalue weighted by Crippen LogP contribution is -2.40. The lowest BCUT2D eigenvalue weighted by molar-refractivity contribution is -0.698. The summed E-state index contributed by atoms with van der Waals surface area (Å²) in [5.74, 6) is -0.0527. The van der Waals surface area contributed by atoms with Crippen LogP contribution in [-0.4, -0.2) is 16.1 Å². The molecule has 1 aliphatic rings. The van der Waals surface area contributed by atoms with Crippen LogP contribution in [0.25, 0.3) is 0 Å². The zero-order valence-electron chi connectivity index (χ0n) is 13.8. The van der Waals surface area contributed by atoms with Crippen LogP contribution >= 0.6 is 0 Å². The Kier molecular flexibility index (Phi) is 4.42. The van der Waals surface area contributed by atoms with E-state index in [0.29, 0.717) is 22.5 Å². The molecule has 0 aliphatic heterocycles. The van der Waals surface area contributed by atoms with Crippen molar-refractivity contribution in [1.82, 2.24) is 4.57 Å². The number of ketones is 2. The smallest absolute Gasteiger partial charge is 0.244 e. The molecule has 4 nitrogen and oxygen atoms in total. The number of carbonyl (C=O) groups is 2. The van der Waals surface area contributed by atoms with Crippen molar-refractivity contribution in [2.45, 2.75) is 52.6 Å². The number of benzene rings is 1. The van der Waals surface area contributed by atoms with Gasteiger partial charge in [-0.05, 0) is 12.8 Å². The number of aromatic nitrogens is 2. The third-order valence-corrected chi connectivity index (χ3v) is 4.43. The minimum atomic E-state index is -0.0263. The number of carbonyl (C=O) groups excluding carboxylic acids is 2. The van der Waals surface area contributed by atoms with Gasteiger partial charge in [0, 0.05) is 11.1 Å². The molecule has 0 amide bonds. The molecule has 1 aliphatic carbocycles. The van der Waals surface area contributed by atoms with Crippen molar-refractivity contribution >= 4 is 11.6 Å². The van der Waals surface area contributed by atoms with E-state index in [4.69, 9.17) is 0 Å². The zero-order chi connectivity index (χ0) is 16.4. The molecule has 0 radical (unpaired) electrons. The van der Waals surface area contributed by atoms with E-state index in [1.54, 1.807) is 12.1 Å². The molecule has 1 aromatic heterocycles. The van der Waals surface area contributed by atoms with Crippen molar-refractivity contribution in [3.05, 3.63) is 53.1 Å². The Balaban J connectivity index is 2.13. The third kappa shape index (κ3) is 2.62. The highest BCUT2D eigenvalue weighted by Gasteiger charge is 2.40. The van der Waals surface area contributed by atoms with Gasteiger partial charge in [0.25, 0.3) is 0 Å². The molecule has 0 atom stereocenters. The van der Waals surface area contributed by atoms with E-state index >= 15 is 0 Å². The number of fused-ring (bicyclic) bond motifs is 2. The van der Waals surface area contributed by atoms with Crippen LogP contribution in [0.15, 0.2) is 30.6 Å². The highest BCUT2D eigenvalue weighted by atomic mass is 16.1. The number of rotatable bonds is 6. The summed E-state index contributed by atoms with van der Waals surface area (Å²) < 4.78 is 3.95. The Morgan fingerprint density at radius 2 is 1.61 bits per heavy atom. The van der Waals surface area contributed by atoms with Crippen LogP contribution < -0.4 is 4.57 Å². The minimum absolute atomic E-state index is 0.0263. The van der Waals surface area contributed by atoms with Gasteiger partial charge >= 0.3 is 0 Å². The molecule has 0 fully saturated rings. The van der Waals surface area contributed by atoms with Gasteiger partial charge in [-0.3, -0.25) is 9.59 Å². The standard InChI is InChI=1S/C19H23N2O2/c1-3-5-11-20-13-21(12-6-4-2)17-16(20)18(22)14-9-7-8-10-15(14)19(17)23/h7-10,13H,3-6,11-12H2,1-2H3/q+1. The molecular weight excluding hydrogens is 288 g/mol. The molecule has 1 aromatic carbocycles. The maximum atomic E-state index is 12.9. The molecule has 0 bridgehead atoms. The Labute approximate surface area is 136 Å². The number of hydrogen-bond acceptors (Lipinski definition) is 2. The van der Waals surface area contributed by atoms with E-state index in [-0.39, 0.29) is 11.6 Å². The van der Waals surface area contributed by atoms with Crippen LogP contribution in [-0.2, 0) is 13.1 Å². The maximum absolute atomic E-state index is 12.9. The van der Waals surface area contributed by atoms with Crippen LogP contribution in [0, 0.1) is 0 Å². The van der Waals surface area contributed by atoms with Crippen molar-refractivity contribution in [1.29, 1.82) is 0 Å². The summed E-state index contributed by atoms with van der Waals surface area (Å²) in [6.07, 6.45) is 6.06. The predicted octanol–water partition coefficient (Wildman–Crippen LogP) is 3.15. The highest BCUT2D eigenvalue weighted by Crippen LogP contribution is 2.26. The normalized spacial score (nSPS) is 13.1. The first-order valence-electron chi connectivity index (χ1n) is 8.50. The summed E-state index contributed by atoms with van der Waals surface area (Å²) in [7, 11) is 0. The van der Waals surface area contributed by atoms with Gasteiger partial charge in [-0.25, -0.2) is 9.13 Å². The van der Waals surface area contributed by atoms with Gasteiger partial charge < -0.3 is 0 Å². The molecule has 0 unspecified atom stereocenters. The van der Waals surface area contributed by atoms with E-state index in [2.05, 4.69) is 13.8 Å². The number of hydrogen-bond donors (Lipinski definition) is 0. The second kappa shape index (κ2) is 6.49. The molecule has 2 aromatic rings. The average Bonchev–Trinajstić information content (AvgIpc) is 2.95. The molecule has 3 rings (SSSR count). The van der Waals surface area contributed by atoms with Crippen LogP contribution in [0.2, 0.25) is 0 Å². The molecule has 1 heterocycles. The molecule has 4 heteroatoms. The molecule has 120 valence electrons. The Hall–Kier alpha value is -2.23. The monoisotopic (exact) mass is 311 g/mol. The minimum Gasteiger partial charge on any atom is -0.284 e. The second-order valence-electron chi connectivity index (χ2n) is 6.11. The summed E-state index contributed by atoms with van der Waals surface area (Å²) in [6.45, 7) is 5.81. The van der Waals surface area contributed by atoms with Gasteiger partial charge in [-0.2, -0.15) is 0 Å². The highest BCUT2D eigenvalue weighted by molar-refractivity contribution is 6.26. The first kappa shape index (κ1) is 15.7. The van der Waals surface area contributed by atoms with Crippen LogP contribution in [0.5, 0.6) is 0 Å². The SMILES string of the molecule is CCCCn1c[n+](CCCC)c2c1C(=O)c1ccccc1C2=O. The van der Waals surface area contributed by atoms with E-state index in [1.165, 1.54) is 0 Å². The van der Waals surface area contributed by atoms with Gasteiger partial charge in [0.05, 0.1) is 13.1 Å². The summed E-state index contributed by atoms with van der Waals surface area (Å²) in [5.41, 5.74) is 2.20. The number of unbranched alkanes of at least 4 members (excludes halogenated alkanes) is 2. The topological polar surface area (TPSA) is 43.0 Å². The quantitative estimate of drug-likeness (QED) is 0.656. The van der Waals surface area contributed by atoms with E-state index in [0.717, 1.165) is 38.8 Å². The fourth-order valence-electron chi connectivity index (χ4n) is 3.16. The summed E-state index contributed by atoms with van der Waals surface area (Å²) in [6, 6.07) is 7.15. The zero-order valence-corrected chi connectivity index (χ0v) is 13.8. The van der Waals surface area contributed by atoms with E-state index in [9.17, 15) is 9.59 Å². The van der Waals surface area contributed by atoms with Crippen molar-refractivity contribution in [3.63, 3.8) is 0 Å². The fraction of sp³-hybridized carbons (Fsp3) is 0.421. The predicted molar refractivity (Wildman–Crippen MR) is 87.8 cm³/mol. The maximum Gasteiger partial charge on any atom is 0.244 e. The van der Waals surface area contributed by atoms with Crippen LogP contribution in [0.1, 0.15) is 71.6 Å². The molecule has 0 N–H and O–H groups in total. The molecule has 23 heavy (non-hydrogen) atoms. The van der Waals surface area contributed by atoms with Gasteiger partial charge in [-0.15, -0.1) is 0 Å². The number of nitrogens with zero attached hydrogens (tertiary/aromatic N) is 2. The lowest BCUT2D eigenvalue weighted by atomic mass is 9.90. The van der Waals surface area contributed by atoms with Crippen LogP contribution in [0.4, 0.5) is 0 Å². The first-order chi connectivity index (χ1) is 11.2. The summed E-state index contributed by atoms with van der Waals surface area (Å²) in [5, 5.41) is 0. The molecule has 0 spiro atoms. The van der Waals surface area contributed by atoms with Crippen LogP contribution in [0.3, 0.4) is 0 Å². The van der Waals surface area contributed by atoms with Crippen molar-refractivity contribution in [3.8, 4) is 0 Å². The van der Waals surface area contributed by atoms with Crippen molar-refractivity contribution in [2.24, 2.45) is 0 Å². The second-order valence-corrected chi connectivity index (χ2v) is 6.11. The van der Waals surface area contributed by atoms with E-state index in [1.807, 2.05) is 27.6 Å². The Morgan fingerprint density at radius 1 is 0.957 bits per heavy atom.